The van der Waals surface area contributed by atoms with Crippen LogP contribution in [0, 0.1) is 13.8 Å². The number of anilines is 1. The van der Waals surface area contributed by atoms with E-state index in [1.54, 1.807) is 47.0 Å². The van der Waals surface area contributed by atoms with E-state index in [2.05, 4.69) is 10.1 Å². The van der Waals surface area contributed by atoms with Crippen molar-refractivity contribution in [3.05, 3.63) is 99.4 Å². The van der Waals surface area contributed by atoms with Crippen molar-refractivity contribution in [1.29, 1.82) is 0 Å². The lowest BCUT2D eigenvalue weighted by molar-refractivity contribution is 0.0987. The number of phenolic OH excluding ortho intramolecular Hbond substituents is 1. The highest BCUT2D eigenvalue weighted by atomic mass is 16.5. The number of carbonyl (C=O) groups is 1. The first-order valence-corrected chi connectivity index (χ1v) is 12.6. The van der Waals surface area contributed by atoms with Gasteiger partial charge in [-0.05, 0) is 68.3 Å². The predicted octanol–water partition coefficient (Wildman–Crippen LogP) is 4.63. The minimum atomic E-state index is -0.419. The highest BCUT2D eigenvalue weighted by Gasteiger charge is 2.29. The Morgan fingerprint density at radius 3 is 2.69 bits per heavy atom. The van der Waals surface area contributed by atoms with Crippen LogP contribution in [-0.2, 0) is 13.0 Å². The Bertz CT molecular complexity index is 1790. The number of hydrogen-bond donors (Lipinski definition) is 1. The third kappa shape index (κ3) is 4.12. The van der Waals surface area contributed by atoms with Crippen LogP contribution in [0.25, 0.3) is 22.0 Å². The van der Waals surface area contributed by atoms with Crippen molar-refractivity contribution in [1.82, 2.24) is 14.7 Å². The second-order valence-corrected chi connectivity index (χ2v) is 9.60. The maximum absolute atomic E-state index is 14.0. The molecule has 9 nitrogen and oxygen atoms in total. The third-order valence-electron chi connectivity index (χ3n) is 7.20. The molecule has 1 N–H and O–H groups in total. The number of carbonyl (C=O) groups excluding carboxylic acids is 1. The zero-order valence-corrected chi connectivity index (χ0v) is 21.8. The van der Waals surface area contributed by atoms with E-state index in [9.17, 15) is 14.7 Å². The smallest absolute Gasteiger partial charge is 0.264 e. The van der Waals surface area contributed by atoms with Gasteiger partial charge in [0.1, 0.15) is 22.8 Å². The number of ether oxygens (including phenoxy) is 1. The van der Waals surface area contributed by atoms with Crippen molar-refractivity contribution in [3.8, 4) is 22.6 Å². The third-order valence-corrected chi connectivity index (χ3v) is 7.20. The normalized spacial score (nSPS) is 12.6. The molecule has 0 bridgehead atoms. The molecule has 39 heavy (non-hydrogen) atoms. The molecule has 0 fully saturated rings. The first-order valence-electron chi connectivity index (χ1n) is 12.6. The molecule has 6 rings (SSSR count). The molecule has 5 aromatic rings. The van der Waals surface area contributed by atoms with Crippen LogP contribution in [-0.4, -0.2) is 39.4 Å². The van der Waals surface area contributed by atoms with E-state index in [0.29, 0.717) is 52.5 Å². The van der Waals surface area contributed by atoms with E-state index in [-0.39, 0.29) is 17.9 Å². The summed E-state index contributed by atoms with van der Waals surface area (Å²) < 4.78 is 12.7. The molecule has 0 radical (unpaired) electrons. The summed E-state index contributed by atoms with van der Waals surface area (Å²) in [5, 5.41) is 14.7. The van der Waals surface area contributed by atoms with Gasteiger partial charge in [-0.3, -0.25) is 14.6 Å². The molecule has 0 spiro atoms. The molecule has 1 amide bonds. The van der Waals surface area contributed by atoms with Crippen LogP contribution in [0.5, 0.6) is 11.5 Å². The van der Waals surface area contributed by atoms with E-state index in [1.165, 1.54) is 0 Å². The molecule has 4 heterocycles. The van der Waals surface area contributed by atoms with Crippen LogP contribution in [0.3, 0.4) is 0 Å². The van der Waals surface area contributed by atoms with Crippen LogP contribution < -0.4 is 15.2 Å². The Balaban J connectivity index is 1.58. The van der Waals surface area contributed by atoms with Crippen LogP contribution >= 0.6 is 0 Å². The zero-order valence-electron chi connectivity index (χ0n) is 21.8. The van der Waals surface area contributed by atoms with E-state index in [4.69, 9.17) is 9.26 Å². The lowest BCUT2D eigenvalue weighted by Gasteiger charge is -2.20. The molecule has 196 valence electrons. The van der Waals surface area contributed by atoms with Gasteiger partial charge in [-0.1, -0.05) is 11.2 Å². The maximum Gasteiger partial charge on any atom is 0.264 e. The Kier molecular flexibility index (Phi) is 5.91. The second kappa shape index (κ2) is 9.43. The molecule has 2 aromatic carbocycles. The monoisotopic (exact) mass is 522 g/mol. The number of hydrogen-bond acceptors (Lipinski definition) is 7. The molecule has 0 saturated carbocycles. The van der Waals surface area contributed by atoms with Crippen molar-refractivity contribution in [2.45, 2.75) is 26.8 Å². The number of benzene rings is 2. The fourth-order valence-electron chi connectivity index (χ4n) is 5.35. The van der Waals surface area contributed by atoms with E-state index in [0.717, 1.165) is 16.7 Å². The quantitative estimate of drug-likeness (QED) is 0.358. The van der Waals surface area contributed by atoms with Gasteiger partial charge in [0.25, 0.3) is 11.5 Å². The fourth-order valence-corrected chi connectivity index (χ4v) is 5.35. The topological polar surface area (TPSA) is 111 Å². The molecular weight excluding hydrogens is 496 g/mol. The highest BCUT2D eigenvalue weighted by Crippen LogP contribution is 2.38. The SMILES string of the molecule is COc1cc2c(cc1-c1c(C)noc1C)cc(C(=O)N1CCc3cc(O)ccc31)c(=O)n2Cc1ccccn1. The Hall–Kier alpha value is -4.92. The van der Waals surface area contributed by atoms with Crippen LogP contribution in [0.2, 0.25) is 0 Å². The summed E-state index contributed by atoms with van der Waals surface area (Å²) in [7, 11) is 1.57. The lowest BCUT2D eigenvalue weighted by Crippen LogP contribution is -2.36. The van der Waals surface area contributed by atoms with E-state index >= 15 is 0 Å². The highest BCUT2D eigenvalue weighted by molar-refractivity contribution is 6.09. The first kappa shape index (κ1) is 24.4. The molecule has 0 atom stereocenters. The number of pyridine rings is 2. The van der Waals surface area contributed by atoms with Crippen LogP contribution in [0.15, 0.2) is 70.1 Å². The summed E-state index contributed by atoms with van der Waals surface area (Å²) in [5.41, 5.74) is 4.75. The maximum atomic E-state index is 14.0. The number of aromatic nitrogens is 3. The Labute approximate surface area is 223 Å². The lowest BCUT2D eigenvalue weighted by atomic mass is 9.99. The first-order chi connectivity index (χ1) is 18.9. The summed E-state index contributed by atoms with van der Waals surface area (Å²) in [6, 6.07) is 15.8. The number of aromatic hydroxyl groups is 1. The Morgan fingerprint density at radius 1 is 1.13 bits per heavy atom. The fraction of sp³-hybridized carbons (Fsp3) is 0.200. The number of phenols is 1. The van der Waals surface area contributed by atoms with Gasteiger partial charge in [-0.2, -0.15) is 0 Å². The number of rotatable bonds is 5. The second-order valence-electron chi connectivity index (χ2n) is 9.60. The molecule has 1 aliphatic heterocycles. The van der Waals surface area contributed by atoms with Gasteiger partial charge in [-0.15, -0.1) is 0 Å². The molecule has 9 heteroatoms. The van der Waals surface area contributed by atoms with Gasteiger partial charge in [0.05, 0.1) is 36.1 Å². The Morgan fingerprint density at radius 2 is 1.97 bits per heavy atom. The number of amides is 1. The van der Waals surface area contributed by atoms with Crippen LogP contribution in [0.4, 0.5) is 5.69 Å². The van der Waals surface area contributed by atoms with Crippen molar-refractivity contribution in [3.63, 3.8) is 0 Å². The standard InChI is InChI=1S/C30H26N4O5/c1-17-28(18(2)39-32-17)23-13-20-14-24(29(36)33-11-9-19-12-22(35)7-8-25(19)33)30(37)34(26(20)15-27(23)38-3)16-21-6-4-5-10-31-21/h4-8,10,12-15,35H,9,11,16H2,1-3H3. The molecule has 1 aliphatic rings. The number of methoxy groups -OCH3 is 1. The van der Waals surface area contributed by atoms with Crippen molar-refractivity contribution in [2.75, 3.05) is 18.6 Å². The molecule has 0 unspecified atom stereocenters. The molecular formula is C30H26N4O5. The minimum Gasteiger partial charge on any atom is -0.508 e. The zero-order chi connectivity index (χ0) is 27.3. The van der Waals surface area contributed by atoms with Gasteiger partial charge < -0.3 is 23.8 Å². The number of aryl methyl sites for hydroxylation is 2. The van der Waals surface area contributed by atoms with Gasteiger partial charge in [0, 0.05) is 35.4 Å². The van der Waals surface area contributed by atoms with E-state index < -0.39 is 11.5 Å². The van der Waals surface area contributed by atoms with Crippen molar-refractivity contribution >= 4 is 22.5 Å². The summed E-state index contributed by atoms with van der Waals surface area (Å²) in [6.45, 7) is 4.28. The molecule has 0 saturated heterocycles. The van der Waals surface area contributed by atoms with Crippen LogP contribution in [0.1, 0.15) is 33.1 Å². The van der Waals surface area contributed by atoms with Gasteiger partial charge in [0.15, 0.2) is 0 Å². The predicted molar refractivity (Wildman–Crippen MR) is 147 cm³/mol. The van der Waals surface area contributed by atoms with Crippen molar-refractivity contribution < 1.29 is 19.2 Å². The number of fused-ring (bicyclic) bond motifs is 2. The average molecular weight is 523 g/mol. The summed E-state index contributed by atoms with van der Waals surface area (Å²) in [4.78, 5) is 33.9. The molecule has 0 aliphatic carbocycles. The average Bonchev–Trinajstić information content (AvgIpc) is 3.51. The van der Waals surface area contributed by atoms with Gasteiger partial charge in [0.2, 0.25) is 0 Å². The van der Waals surface area contributed by atoms with Gasteiger partial charge in [-0.25, -0.2) is 0 Å². The summed E-state index contributed by atoms with van der Waals surface area (Å²) >= 11 is 0. The van der Waals surface area contributed by atoms with E-state index in [1.807, 2.05) is 44.2 Å². The van der Waals surface area contributed by atoms with Crippen molar-refractivity contribution in [2.24, 2.45) is 0 Å². The minimum absolute atomic E-state index is 0.0502. The van der Waals surface area contributed by atoms with Gasteiger partial charge >= 0.3 is 0 Å². The largest absolute Gasteiger partial charge is 0.508 e. The summed E-state index contributed by atoms with van der Waals surface area (Å²) in [6.07, 6.45) is 2.27. The summed E-state index contributed by atoms with van der Waals surface area (Å²) in [5.74, 6) is 0.946. The number of nitrogens with zero attached hydrogens (tertiary/aromatic N) is 4. The molecule has 3 aromatic heterocycles.